The minimum Gasteiger partial charge on any atom is -0.497 e. The zero-order valence-electron chi connectivity index (χ0n) is 11.2. The number of carboxylic acids is 1. The molecule has 0 saturated heterocycles. The standard InChI is InChI=1S/C16H12FNO3/c1-21-12-8-10(17)7-11(9-12)18-6-5-13-14(16(19)20)3-2-4-15(13)18/h2-9H,1H3,(H,19,20). The number of rotatable bonds is 3. The second kappa shape index (κ2) is 4.94. The smallest absolute Gasteiger partial charge is 0.336 e. The van der Waals surface area contributed by atoms with E-state index in [1.807, 2.05) is 0 Å². The molecule has 0 unspecified atom stereocenters. The van der Waals surface area contributed by atoms with Crippen molar-refractivity contribution in [2.24, 2.45) is 0 Å². The summed E-state index contributed by atoms with van der Waals surface area (Å²) in [6.07, 6.45) is 1.71. The summed E-state index contributed by atoms with van der Waals surface area (Å²) in [5, 5.41) is 9.80. The molecule has 1 aromatic heterocycles. The summed E-state index contributed by atoms with van der Waals surface area (Å²) in [5.41, 5.74) is 1.49. The molecule has 0 atom stereocenters. The number of carboxylic acid groups (broad SMARTS) is 1. The molecule has 3 aromatic rings. The number of fused-ring (bicyclic) bond motifs is 1. The lowest BCUT2D eigenvalue weighted by molar-refractivity contribution is 0.0699. The van der Waals surface area contributed by atoms with Gasteiger partial charge in [-0.05, 0) is 24.3 Å². The Morgan fingerprint density at radius 3 is 2.76 bits per heavy atom. The fraction of sp³-hybridized carbons (Fsp3) is 0.0625. The van der Waals surface area contributed by atoms with Crippen molar-refractivity contribution < 1.29 is 19.0 Å². The number of hydrogen-bond acceptors (Lipinski definition) is 2. The van der Waals surface area contributed by atoms with Gasteiger partial charge in [-0.3, -0.25) is 0 Å². The van der Waals surface area contributed by atoms with Gasteiger partial charge in [0.1, 0.15) is 11.6 Å². The van der Waals surface area contributed by atoms with Crippen LogP contribution in [0.5, 0.6) is 5.75 Å². The molecule has 0 aliphatic carbocycles. The number of benzene rings is 2. The fourth-order valence-corrected chi connectivity index (χ4v) is 2.38. The molecule has 1 heterocycles. The number of nitrogens with zero attached hydrogens (tertiary/aromatic N) is 1. The van der Waals surface area contributed by atoms with Gasteiger partial charge in [-0.2, -0.15) is 0 Å². The Bertz CT molecular complexity index is 839. The van der Waals surface area contributed by atoms with E-state index in [0.717, 1.165) is 0 Å². The van der Waals surface area contributed by atoms with Crippen molar-refractivity contribution in [3.63, 3.8) is 0 Å². The predicted molar refractivity (Wildman–Crippen MR) is 76.7 cm³/mol. The second-order valence-corrected chi connectivity index (χ2v) is 4.58. The minimum absolute atomic E-state index is 0.217. The first-order valence-electron chi connectivity index (χ1n) is 6.28. The van der Waals surface area contributed by atoms with E-state index in [4.69, 9.17) is 4.74 Å². The molecule has 0 aliphatic rings. The van der Waals surface area contributed by atoms with Crippen LogP contribution in [0.4, 0.5) is 4.39 Å². The summed E-state index contributed by atoms with van der Waals surface area (Å²) >= 11 is 0. The van der Waals surface area contributed by atoms with E-state index >= 15 is 0 Å². The second-order valence-electron chi connectivity index (χ2n) is 4.58. The van der Waals surface area contributed by atoms with E-state index in [1.54, 1.807) is 41.1 Å². The Morgan fingerprint density at radius 1 is 1.24 bits per heavy atom. The van der Waals surface area contributed by atoms with Crippen molar-refractivity contribution in [3.05, 3.63) is 60.0 Å². The van der Waals surface area contributed by atoms with Gasteiger partial charge >= 0.3 is 5.97 Å². The van der Waals surface area contributed by atoms with Crippen LogP contribution in [0.2, 0.25) is 0 Å². The van der Waals surface area contributed by atoms with Crippen molar-refractivity contribution in [2.75, 3.05) is 7.11 Å². The van der Waals surface area contributed by atoms with Crippen LogP contribution in [0.25, 0.3) is 16.6 Å². The summed E-state index contributed by atoms with van der Waals surface area (Å²) in [7, 11) is 1.47. The number of aromatic carboxylic acids is 1. The Balaban J connectivity index is 2.24. The molecule has 0 saturated carbocycles. The first kappa shape index (κ1) is 13.2. The number of aromatic nitrogens is 1. The van der Waals surface area contributed by atoms with Gasteiger partial charge in [0.15, 0.2) is 0 Å². The molecule has 0 bridgehead atoms. The average molecular weight is 285 g/mol. The van der Waals surface area contributed by atoms with Gasteiger partial charge in [0.25, 0.3) is 0 Å². The van der Waals surface area contributed by atoms with Gasteiger partial charge in [-0.25, -0.2) is 9.18 Å². The zero-order valence-corrected chi connectivity index (χ0v) is 11.2. The van der Waals surface area contributed by atoms with E-state index in [9.17, 15) is 14.3 Å². The number of ether oxygens (including phenoxy) is 1. The van der Waals surface area contributed by atoms with Gasteiger partial charge in [-0.15, -0.1) is 0 Å². The van der Waals surface area contributed by atoms with E-state index in [1.165, 1.54) is 19.2 Å². The van der Waals surface area contributed by atoms with Crippen LogP contribution < -0.4 is 4.74 Å². The van der Waals surface area contributed by atoms with Crippen molar-refractivity contribution in [3.8, 4) is 11.4 Å². The molecular formula is C16H12FNO3. The van der Waals surface area contributed by atoms with Crippen LogP contribution in [0.3, 0.4) is 0 Å². The molecule has 2 aromatic carbocycles. The molecule has 3 rings (SSSR count). The SMILES string of the molecule is COc1cc(F)cc(-n2ccc3c(C(=O)O)cccc32)c1. The molecule has 4 nitrogen and oxygen atoms in total. The number of halogens is 1. The van der Waals surface area contributed by atoms with Gasteiger partial charge in [0, 0.05) is 23.7 Å². The molecule has 0 aliphatic heterocycles. The van der Waals surface area contributed by atoms with Gasteiger partial charge < -0.3 is 14.4 Å². The molecular weight excluding hydrogens is 273 g/mol. The van der Waals surface area contributed by atoms with Gasteiger partial charge in [0.05, 0.1) is 23.9 Å². The lowest BCUT2D eigenvalue weighted by atomic mass is 10.1. The molecule has 106 valence electrons. The van der Waals surface area contributed by atoms with E-state index in [-0.39, 0.29) is 5.56 Å². The third-order valence-corrected chi connectivity index (χ3v) is 3.33. The molecule has 0 amide bonds. The van der Waals surface area contributed by atoms with Crippen molar-refractivity contribution in [1.82, 2.24) is 4.57 Å². The molecule has 0 spiro atoms. The van der Waals surface area contributed by atoms with Crippen LogP contribution in [-0.4, -0.2) is 22.8 Å². The van der Waals surface area contributed by atoms with Crippen LogP contribution in [-0.2, 0) is 0 Å². The first-order chi connectivity index (χ1) is 10.1. The minimum atomic E-state index is -0.991. The highest BCUT2D eigenvalue weighted by Gasteiger charge is 2.12. The summed E-state index contributed by atoms with van der Waals surface area (Å²) in [6.45, 7) is 0. The van der Waals surface area contributed by atoms with E-state index in [0.29, 0.717) is 22.3 Å². The topological polar surface area (TPSA) is 51.5 Å². The quantitative estimate of drug-likeness (QED) is 0.801. The monoisotopic (exact) mass is 285 g/mol. The number of carbonyl (C=O) groups is 1. The van der Waals surface area contributed by atoms with Crippen LogP contribution in [0, 0.1) is 5.82 Å². The third-order valence-electron chi connectivity index (χ3n) is 3.33. The Morgan fingerprint density at radius 2 is 2.05 bits per heavy atom. The molecule has 5 heteroatoms. The Hall–Kier alpha value is -2.82. The molecule has 0 radical (unpaired) electrons. The zero-order chi connectivity index (χ0) is 15.0. The fourth-order valence-electron chi connectivity index (χ4n) is 2.38. The van der Waals surface area contributed by atoms with Crippen LogP contribution in [0.15, 0.2) is 48.7 Å². The maximum Gasteiger partial charge on any atom is 0.336 e. The van der Waals surface area contributed by atoms with Crippen LogP contribution >= 0.6 is 0 Å². The highest BCUT2D eigenvalue weighted by Crippen LogP contribution is 2.26. The molecule has 0 fully saturated rings. The Labute approximate surface area is 120 Å². The van der Waals surface area contributed by atoms with Crippen molar-refractivity contribution in [2.45, 2.75) is 0 Å². The van der Waals surface area contributed by atoms with Gasteiger partial charge in [-0.1, -0.05) is 6.07 Å². The number of hydrogen-bond donors (Lipinski definition) is 1. The lowest BCUT2D eigenvalue weighted by Crippen LogP contribution is -1.98. The predicted octanol–water partition coefficient (Wildman–Crippen LogP) is 3.48. The van der Waals surface area contributed by atoms with Gasteiger partial charge in [0.2, 0.25) is 0 Å². The van der Waals surface area contributed by atoms with Crippen LogP contribution in [0.1, 0.15) is 10.4 Å². The lowest BCUT2D eigenvalue weighted by Gasteiger charge is -2.08. The highest BCUT2D eigenvalue weighted by molar-refractivity contribution is 6.03. The largest absolute Gasteiger partial charge is 0.497 e. The normalized spacial score (nSPS) is 10.8. The maximum atomic E-state index is 13.6. The molecule has 1 N–H and O–H groups in total. The third kappa shape index (κ3) is 2.23. The van der Waals surface area contributed by atoms with Crippen molar-refractivity contribution in [1.29, 1.82) is 0 Å². The summed E-state index contributed by atoms with van der Waals surface area (Å²) < 4.78 is 20.4. The average Bonchev–Trinajstić information content (AvgIpc) is 2.90. The summed E-state index contributed by atoms with van der Waals surface area (Å²) in [6, 6.07) is 11.1. The van der Waals surface area contributed by atoms with E-state index < -0.39 is 11.8 Å². The van der Waals surface area contributed by atoms with Crippen molar-refractivity contribution >= 4 is 16.9 Å². The van der Waals surface area contributed by atoms with E-state index in [2.05, 4.69) is 0 Å². The highest BCUT2D eigenvalue weighted by atomic mass is 19.1. The summed E-state index contributed by atoms with van der Waals surface area (Å²) in [5.74, 6) is -1.00. The first-order valence-corrected chi connectivity index (χ1v) is 6.28. The molecule has 21 heavy (non-hydrogen) atoms. The summed E-state index contributed by atoms with van der Waals surface area (Å²) in [4.78, 5) is 11.2. The maximum absolute atomic E-state index is 13.6. The number of methoxy groups -OCH3 is 1. The Kier molecular flexibility index (Phi) is 3.10.